The number of hydrogen-bond acceptors (Lipinski definition) is 5. The maximum absolute atomic E-state index is 11.7. The van der Waals surface area contributed by atoms with E-state index in [-0.39, 0.29) is 29.9 Å². The van der Waals surface area contributed by atoms with Gasteiger partial charge in [-0.2, -0.15) is 0 Å². The van der Waals surface area contributed by atoms with Crippen LogP contribution in [0.2, 0.25) is 5.02 Å². The molecule has 2 amide bonds. The minimum Gasteiger partial charge on any atom is -0.455 e. The molecule has 0 heterocycles. The third-order valence-corrected chi connectivity index (χ3v) is 3.68. The van der Waals surface area contributed by atoms with Crippen LogP contribution in [0.5, 0.6) is 0 Å². The van der Waals surface area contributed by atoms with Crippen LogP contribution in [-0.4, -0.2) is 42.4 Å². The van der Waals surface area contributed by atoms with Crippen molar-refractivity contribution < 1.29 is 19.1 Å². The van der Waals surface area contributed by atoms with Crippen LogP contribution in [0.4, 0.5) is 5.69 Å². The van der Waals surface area contributed by atoms with E-state index in [1.165, 1.54) is 0 Å². The SMILES string of the molecule is CCCNC(=O)COC(=O)CSCC(=O)Nc1ccc(Cl)cc1. The maximum atomic E-state index is 11.7. The predicted octanol–water partition coefficient (Wildman–Crippen LogP) is 2.08. The summed E-state index contributed by atoms with van der Waals surface area (Å²) in [5.74, 6) is -0.966. The van der Waals surface area contributed by atoms with Crippen molar-refractivity contribution in [3.63, 3.8) is 0 Å². The van der Waals surface area contributed by atoms with Crippen LogP contribution in [0.25, 0.3) is 0 Å². The molecule has 0 saturated carbocycles. The average molecular weight is 359 g/mol. The second-order valence-electron chi connectivity index (χ2n) is 4.56. The van der Waals surface area contributed by atoms with Crippen molar-refractivity contribution in [3.05, 3.63) is 29.3 Å². The second-order valence-corrected chi connectivity index (χ2v) is 5.98. The molecule has 8 heteroatoms. The molecule has 0 aliphatic heterocycles. The molecule has 0 radical (unpaired) electrons. The minimum absolute atomic E-state index is 0.00902. The zero-order valence-electron chi connectivity index (χ0n) is 12.8. The van der Waals surface area contributed by atoms with Gasteiger partial charge in [0, 0.05) is 17.3 Å². The summed E-state index contributed by atoms with van der Waals surface area (Å²) in [4.78, 5) is 34.4. The third kappa shape index (κ3) is 9.10. The van der Waals surface area contributed by atoms with Crippen molar-refractivity contribution in [1.29, 1.82) is 0 Å². The molecule has 1 rings (SSSR count). The number of nitrogens with one attached hydrogen (secondary N) is 2. The summed E-state index contributed by atoms with van der Waals surface area (Å²) < 4.78 is 4.80. The fourth-order valence-electron chi connectivity index (χ4n) is 1.46. The van der Waals surface area contributed by atoms with Gasteiger partial charge in [0.2, 0.25) is 5.91 Å². The number of carbonyl (C=O) groups is 3. The summed E-state index contributed by atoms with van der Waals surface area (Å²) in [6.45, 7) is 2.18. The van der Waals surface area contributed by atoms with Crippen LogP contribution in [0.3, 0.4) is 0 Å². The van der Waals surface area contributed by atoms with E-state index in [0.29, 0.717) is 17.3 Å². The number of amides is 2. The molecular formula is C15H19ClN2O4S. The summed E-state index contributed by atoms with van der Waals surface area (Å²) >= 11 is 6.87. The topological polar surface area (TPSA) is 84.5 Å². The third-order valence-electron chi connectivity index (χ3n) is 2.52. The van der Waals surface area contributed by atoms with Gasteiger partial charge in [-0.3, -0.25) is 14.4 Å². The summed E-state index contributed by atoms with van der Waals surface area (Å²) in [6.07, 6.45) is 0.818. The standard InChI is InChI=1S/C15H19ClN2O4S/c1-2-7-17-13(19)8-22-15(21)10-23-9-14(20)18-12-5-3-11(16)4-6-12/h3-6H,2,7-10H2,1H3,(H,17,19)(H,18,20). The molecule has 1 aromatic rings. The number of carbonyl (C=O) groups excluding carboxylic acids is 3. The van der Waals surface area contributed by atoms with Crippen molar-refractivity contribution in [2.24, 2.45) is 0 Å². The average Bonchev–Trinajstić information content (AvgIpc) is 2.53. The summed E-state index contributed by atoms with van der Waals surface area (Å²) in [5, 5.41) is 5.86. The molecule has 0 unspecified atom stereocenters. The highest BCUT2D eigenvalue weighted by molar-refractivity contribution is 8.00. The molecule has 126 valence electrons. The van der Waals surface area contributed by atoms with Gasteiger partial charge in [0.05, 0.1) is 11.5 Å². The van der Waals surface area contributed by atoms with Crippen LogP contribution in [0.15, 0.2) is 24.3 Å². The lowest BCUT2D eigenvalue weighted by Crippen LogP contribution is -2.29. The van der Waals surface area contributed by atoms with Gasteiger partial charge in [0.1, 0.15) is 0 Å². The number of anilines is 1. The predicted molar refractivity (Wildman–Crippen MR) is 91.7 cm³/mol. The van der Waals surface area contributed by atoms with E-state index in [1.807, 2.05) is 6.92 Å². The minimum atomic E-state index is -0.527. The number of benzene rings is 1. The summed E-state index contributed by atoms with van der Waals surface area (Å²) in [6, 6.07) is 6.72. The fraction of sp³-hybridized carbons (Fsp3) is 0.400. The van der Waals surface area contributed by atoms with Gasteiger partial charge in [-0.15, -0.1) is 11.8 Å². The van der Waals surface area contributed by atoms with E-state index in [4.69, 9.17) is 16.3 Å². The van der Waals surface area contributed by atoms with E-state index in [1.54, 1.807) is 24.3 Å². The Morgan fingerprint density at radius 1 is 1.13 bits per heavy atom. The van der Waals surface area contributed by atoms with Crippen LogP contribution in [-0.2, 0) is 19.1 Å². The van der Waals surface area contributed by atoms with Crippen LogP contribution < -0.4 is 10.6 Å². The summed E-state index contributed by atoms with van der Waals surface area (Å²) in [5.41, 5.74) is 0.634. The van der Waals surface area contributed by atoms with Gasteiger partial charge >= 0.3 is 5.97 Å². The molecule has 6 nitrogen and oxygen atoms in total. The van der Waals surface area contributed by atoms with Crippen molar-refractivity contribution in [2.45, 2.75) is 13.3 Å². The second kappa shape index (κ2) is 10.9. The molecule has 1 aromatic carbocycles. The molecule has 2 N–H and O–H groups in total. The molecule has 0 saturated heterocycles. The lowest BCUT2D eigenvalue weighted by Gasteiger charge is -2.06. The molecule has 0 aromatic heterocycles. The molecule has 0 atom stereocenters. The first-order valence-electron chi connectivity index (χ1n) is 7.06. The van der Waals surface area contributed by atoms with Crippen LogP contribution in [0.1, 0.15) is 13.3 Å². The molecule has 0 fully saturated rings. The molecular weight excluding hydrogens is 340 g/mol. The fourth-order valence-corrected chi connectivity index (χ4v) is 2.20. The van der Waals surface area contributed by atoms with Crippen LogP contribution >= 0.6 is 23.4 Å². The maximum Gasteiger partial charge on any atom is 0.316 e. The normalized spacial score (nSPS) is 10.0. The van der Waals surface area contributed by atoms with Gasteiger partial charge < -0.3 is 15.4 Å². The van der Waals surface area contributed by atoms with E-state index in [2.05, 4.69) is 10.6 Å². The lowest BCUT2D eigenvalue weighted by atomic mass is 10.3. The highest BCUT2D eigenvalue weighted by Crippen LogP contribution is 2.13. The number of rotatable bonds is 9. The lowest BCUT2D eigenvalue weighted by molar-refractivity contribution is -0.145. The Morgan fingerprint density at radius 3 is 2.48 bits per heavy atom. The summed E-state index contributed by atoms with van der Waals surface area (Å²) in [7, 11) is 0. The highest BCUT2D eigenvalue weighted by Gasteiger charge is 2.09. The van der Waals surface area contributed by atoms with Crippen molar-refractivity contribution >= 4 is 46.8 Å². The van der Waals surface area contributed by atoms with E-state index in [0.717, 1.165) is 18.2 Å². The van der Waals surface area contributed by atoms with E-state index in [9.17, 15) is 14.4 Å². The number of halogens is 1. The quantitative estimate of drug-likeness (QED) is 0.660. The highest BCUT2D eigenvalue weighted by atomic mass is 35.5. The molecule has 23 heavy (non-hydrogen) atoms. The van der Waals surface area contributed by atoms with Gasteiger partial charge in [0.25, 0.3) is 5.91 Å². The van der Waals surface area contributed by atoms with Gasteiger partial charge in [0.15, 0.2) is 6.61 Å². The zero-order chi connectivity index (χ0) is 17.1. The number of ether oxygens (including phenoxy) is 1. The Hall–Kier alpha value is -1.73. The smallest absolute Gasteiger partial charge is 0.316 e. The van der Waals surface area contributed by atoms with E-state index >= 15 is 0 Å². The Bertz CT molecular complexity index is 537. The van der Waals surface area contributed by atoms with Crippen molar-refractivity contribution in [3.8, 4) is 0 Å². The molecule has 0 bridgehead atoms. The number of thioether (sulfide) groups is 1. The number of hydrogen-bond donors (Lipinski definition) is 2. The van der Waals surface area contributed by atoms with Gasteiger partial charge in [-0.1, -0.05) is 18.5 Å². The Labute approximate surface area is 144 Å². The van der Waals surface area contributed by atoms with Crippen molar-refractivity contribution in [2.75, 3.05) is 30.0 Å². The van der Waals surface area contributed by atoms with Gasteiger partial charge in [-0.25, -0.2) is 0 Å². The van der Waals surface area contributed by atoms with Gasteiger partial charge in [-0.05, 0) is 30.7 Å². The Balaban J connectivity index is 2.15. The zero-order valence-corrected chi connectivity index (χ0v) is 14.3. The van der Waals surface area contributed by atoms with Crippen molar-refractivity contribution in [1.82, 2.24) is 5.32 Å². The largest absolute Gasteiger partial charge is 0.455 e. The van der Waals surface area contributed by atoms with Crippen LogP contribution in [0, 0.1) is 0 Å². The Morgan fingerprint density at radius 2 is 1.83 bits per heavy atom. The first-order valence-corrected chi connectivity index (χ1v) is 8.60. The van der Waals surface area contributed by atoms with E-state index < -0.39 is 5.97 Å². The Kier molecular flexibility index (Phi) is 9.16. The molecule has 0 aliphatic carbocycles. The first kappa shape index (κ1) is 19.3. The molecule has 0 spiro atoms. The monoisotopic (exact) mass is 358 g/mol. The first-order chi connectivity index (χ1) is 11.0. The molecule has 0 aliphatic rings. The number of esters is 1.